The standard InChI is InChI=1S/C26H32FN5O3S/c1-18(2)28-24(33)17-31-25(20-6-9-22(27)23(16-20)35-3)29-32(26(31)34)21-7-4-19(5-8-21)10-11-30-12-14-36-15-13-30/h4-9,16,18H,10-15,17H2,1-3H3,(H,28,33). The van der Waals surface area contributed by atoms with Gasteiger partial charge >= 0.3 is 5.69 Å². The zero-order valence-corrected chi connectivity index (χ0v) is 21.7. The molecule has 192 valence electrons. The van der Waals surface area contributed by atoms with Crippen LogP contribution in [-0.4, -0.2) is 69.4 Å². The predicted octanol–water partition coefficient (Wildman–Crippen LogP) is 2.96. The first-order valence-electron chi connectivity index (χ1n) is 12.1. The van der Waals surface area contributed by atoms with Crippen LogP contribution in [0.4, 0.5) is 4.39 Å². The van der Waals surface area contributed by atoms with Gasteiger partial charge in [-0.25, -0.2) is 9.18 Å². The number of carbonyl (C=O) groups is 1. The van der Waals surface area contributed by atoms with E-state index in [1.807, 2.05) is 49.9 Å². The summed E-state index contributed by atoms with van der Waals surface area (Å²) >= 11 is 2.00. The van der Waals surface area contributed by atoms with E-state index >= 15 is 0 Å². The highest BCUT2D eigenvalue weighted by Gasteiger charge is 2.20. The number of thioether (sulfide) groups is 1. The van der Waals surface area contributed by atoms with Gasteiger partial charge in [-0.15, -0.1) is 5.10 Å². The first-order chi connectivity index (χ1) is 17.4. The fraction of sp³-hybridized carbons (Fsp3) is 0.423. The summed E-state index contributed by atoms with van der Waals surface area (Å²) in [5.41, 5.74) is 1.80. The topological polar surface area (TPSA) is 81.4 Å². The van der Waals surface area contributed by atoms with E-state index in [9.17, 15) is 14.0 Å². The van der Waals surface area contributed by atoms with Gasteiger partial charge in [0.2, 0.25) is 5.91 Å². The Hall–Kier alpha value is -3.11. The third-order valence-corrected chi connectivity index (χ3v) is 6.97. The number of methoxy groups -OCH3 is 1. The second-order valence-corrected chi connectivity index (χ2v) is 10.3. The molecular formula is C26H32FN5O3S. The van der Waals surface area contributed by atoms with Crippen molar-refractivity contribution in [2.75, 3.05) is 38.2 Å². The maximum absolute atomic E-state index is 14.0. The third-order valence-electron chi connectivity index (χ3n) is 6.02. The monoisotopic (exact) mass is 513 g/mol. The van der Waals surface area contributed by atoms with Crippen LogP contribution in [0.2, 0.25) is 0 Å². The average Bonchev–Trinajstić information content (AvgIpc) is 3.19. The lowest BCUT2D eigenvalue weighted by Crippen LogP contribution is -2.36. The van der Waals surface area contributed by atoms with Gasteiger partial charge in [0.1, 0.15) is 6.54 Å². The SMILES string of the molecule is COc1cc(-c2nn(-c3ccc(CCN4CCSCC4)cc3)c(=O)n2CC(=O)NC(C)C)ccc1F. The van der Waals surface area contributed by atoms with Crippen molar-refractivity contribution in [3.05, 3.63) is 64.3 Å². The number of ether oxygens (including phenoxy) is 1. The quantitative estimate of drug-likeness (QED) is 0.474. The highest BCUT2D eigenvalue weighted by molar-refractivity contribution is 7.99. The number of halogens is 1. The van der Waals surface area contributed by atoms with Gasteiger partial charge in [0, 0.05) is 42.7 Å². The molecule has 1 aromatic heterocycles. The number of hydrogen-bond acceptors (Lipinski definition) is 6. The van der Waals surface area contributed by atoms with Crippen LogP contribution in [0.5, 0.6) is 5.75 Å². The van der Waals surface area contributed by atoms with Crippen molar-refractivity contribution in [3.8, 4) is 22.8 Å². The fourth-order valence-electron chi connectivity index (χ4n) is 4.15. The van der Waals surface area contributed by atoms with E-state index in [1.165, 1.54) is 51.6 Å². The first-order valence-corrected chi connectivity index (χ1v) is 13.2. The molecule has 1 aliphatic rings. The Kier molecular flexibility index (Phi) is 8.48. The van der Waals surface area contributed by atoms with E-state index in [2.05, 4.69) is 15.3 Å². The van der Waals surface area contributed by atoms with Gasteiger partial charge < -0.3 is 15.0 Å². The molecule has 0 saturated carbocycles. The second-order valence-electron chi connectivity index (χ2n) is 9.05. The summed E-state index contributed by atoms with van der Waals surface area (Å²) in [6, 6.07) is 11.9. The van der Waals surface area contributed by atoms with E-state index in [0.29, 0.717) is 11.3 Å². The van der Waals surface area contributed by atoms with Crippen LogP contribution in [0, 0.1) is 5.82 Å². The van der Waals surface area contributed by atoms with E-state index in [-0.39, 0.29) is 30.1 Å². The summed E-state index contributed by atoms with van der Waals surface area (Å²) in [7, 11) is 1.37. The molecule has 1 aliphatic heterocycles. The highest BCUT2D eigenvalue weighted by Crippen LogP contribution is 2.25. The summed E-state index contributed by atoms with van der Waals surface area (Å²) in [6.07, 6.45) is 0.935. The number of rotatable bonds is 9. The number of nitrogens with one attached hydrogen (secondary N) is 1. The van der Waals surface area contributed by atoms with E-state index < -0.39 is 11.5 Å². The zero-order valence-electron chi connectivity index (χ0n) is 20.9. The van der Waals surface area contributed by atoms with Crippen molar-refractivity contribution in [2.45, 2.75) is 32.9 Å². The summed E-state index contributed by atoms with van der Waals surface area (Å²) < 4.78 is 21.7. The van der Waals surface area contributed by atoms with Crippen LogP contribution < -0.4 is 15.7 Å². The van der Waals surface area contributed by atoms with Crippen LogP contribution in [0.3, 0.4) is 0 Å². The van der Waals surface area contributed by atoms with Gasteiger partial charge in [-0.2, -0.15) is 16.4 Å². The summed E-state index contributed by atoms with van der Waals surface area (Å²) in [5, 5.41) is 7.34. The molecule has 1 saturated heterocycles. The Bertz CT molecular complexity index is 1250. The highest BCUT2D eigenvalue weighted by atomic mass is 32.2. The van der Waals surface area contributed by atoms with Crippen LogP contribution in [0.1, 0.15) is 19.4 Å². The van der Waals surface area contributed by atoms with Crippen LogP contribution in [-0.2, 0) is 17.8 Å². The average molecular weight is 514 g/mol. The number of carbonyl (C=O) groups excluding carboxylic acids is 1. The number of hydrogen-bond donors (Lipinski definition) is 1. The molecule has 0 aliphatic carbocycles. The summed E-state index contributed by atoms with van der Waals surface area (Å²) in [6.45, 7) is 6.74. The van der Waals surface area contributed by atoms with Gasteiger partial charge in [0.05, 0.1) is 12.8 Å². The number of amides is 1. The molecule has 0 radical (unpaired) electrons. The largest absolute Gasteiger partial charge is 0.494 e. The second kappa shape index (κ2) is 11.7. The van der Waals surface area contributed by atoms with E-state index in [4.69, 9.17) is 4.74 Å². The molecule has 0 bridgehead atoms. The van der Waals surface area contributed by atoms with Crippen molar-refractivity contribution >= 4 is 17.7 Å². The Labute approximate surface area is 214 Å². The summed E-state index contributed by atoms with van der Waals surface area (Å²) in [4.78, 5) is 28.4. The molecule has 1 N–H and O–H groups in total. The molecule has 0 atom stereocenters. The molecule has 0 spiro atoms. The van der Waals surface area contributed by atoms with Crippen molar-refractivity contribution in [1.29, 1.82) is 0 Å². The van der Waals surface area contributed by atoms with Gasteiger partial charge in [-0.1, -0.05) is 12.1 Å². The van der Waals surface area contributed by atoms with Crippen molar-refractivity contribution in [2.24, 2.45) is 0 Å². The smallest absolute Gasteiger partial charge is 0.351 e. The molecule has 8 nitrogen and oxygen atoms in total. The van der Waals surface area contributed by atoms with Crippen molar-refractivity contribution in [3.63, 3.8) is 0 Å². The van der Waals surface area contributed by atoms with Crippen LogP contribution >= 0.6 is 11.8 Å². The maximum Gasteiger partial charge on any atom is 0.351 e. The lowest BCUT2D eigenvalue weighted by molar-refractivity contribution is -0.122. The Morgan fingerprint density at radius 3 is 2.56 bits per heavy atom. The molecule has 3 aromatic rings. The fourth-order valence-corrected chi connectivity index (χ4v) is 5.13. The number of nitrogens with zero attached hydrogens (tertiary/aromatic N) is 4. The van der Waals surface area contributed by atoms with Gasteiger partial charge in [-0.05, 0) is 56.2 Å². The van der Waals surface area contributed by atoms with E-state index in [1.54, 1.807) is 0 Å². The molecule has 2 heterocycles. The minimum Gasteiger partial charge on any atom is -0.494 e. The minimum atomic E-state index is -0.522. The molecule has 1 amide bonds. The minimum absolute atomic E-state index is 0.0318. The Morgan fingerprint density at radius 1 is 1.17 bits per heavy atom. The number of benzene rings is 2. The first kappa shape index (κ1) is 26.0. The third kappa shape index (κ3) is 6.17. The van der Waals surface area contributed by atoms with Crippen LogP contribution in [0.15, 0.2) is 47.3 Å². The molecule has 0 unspecified atom stereocenters. The molecular weight excluding hydrogens is 481 g/mol. The maximum atomic E-state index is 14.0. The molecule has 2 aromatic carbocycles. The van der Waals surface area contributed by atoms with Crippen molar-refractivity contribution < 1.29 is 13.9 Å². The molecule has 1 fully saturated rings. The molecule has 36 heavy (non-hydrogen) atoms. The van der Waals surface area contributed by atoms with Crippen LogP contribution in [0.25, 0.3) is 17.1 Å². The van der Waals surface area contributed by atoms with Gasteiger partial charge in [-0.3, -0.25) is 9.36 Å². The van der Waals surface area contributed by atoms with Gasteiger partial charge in [0.25, 0.3) is 0 Å². The molecule has 10 heteroatoms. The summed E-state index contributed by atoms with van der Waals surface area (Å²) in [5.74, 6) is 1.82. The van der Waals surface area contributed by atoms with Gasteiger partial charge in [0.15, 0.2) is 17.4 Å². The zero-order chi connectivity index (χ0) is 25.7. The molecule has 4 rings (SSSR count). The predicted molar refractivity (Wildman–Crippen MR) is 141 cm³/mol. The lowest BCUT2D eigenvalue weighted by Gasteiger charge is -2.26. The Balaban J connectivity index is 1.63. The lowest BCUT2D eigenvalue weighted by atomic mass is 10.1. The van der Waals surface area contributed by atoms with E-state index in [0.717, 1.165) is 26.1 Å². The normalized spacial score (nSPS) is 14.2. The Morgan fingerprint density at radius 2 is 1.89 bits per heavy atom. The van der Waals surface area contributed by atoms with Crippen molar-refractivity contribution in [1.82, 2.24) is 24.6 Å². The number of aromatic nitrogens is 3.